The number of ketones is 1. The SMILES string of the molecule is N[C@H]1CS(=O)(=O)c2cc(F)c(C(=O)CC3CC3C(F)(F)F)cc2N(Cc2ccc(Cl)cc2)C1=O. The molecular formula is C22H19ClF4N2O4S. The predicted molar refractivity (Wildman–Crippen MR) is 116 cm³/mol. The molecule has 2 unspecified atom stereocenters. The van der Waals surface area contributed by atoms with Gasteiger partial charge in [-0.2, -0.15) is 13.2 Å². The normalized spacial score (nSPS) is 23.9. The van der Waals surface area contributed by atoms with Gasteiger partial charge in [0.1, 0.15) is 5.82 Å². The molecule has 34 heavy (non-hydrogen) atoms. The van der Waals surface area contributed by atoms with E-state index in [9.17, 15) is 35.6 Å². The van der Waals surface area contributed by atoms with Crippen LogP contribution in [0.15, 0.2) is 41.3 Å². The van der Waals surface area contributed by atoms with Crippen LogP contribution in [0.25, 0.3) is 0 Å². The molecule has 6 nitrogen and oxygen atoms in total. The van der Waals surface area contributed by atoms with E-state index in [1.807, 2.05) is 0 Å². The van der Waals surface area contributed by atoms with E-state index in [0.29, 0.717) is 16.7 Å². The van der Waals surface area contributed by atoms with Gasteiger partial charge in [0.25, 0.3) is 0 Å². The molecule has 12 heteroatoms. The van der Waals surface area contributed by atoms with Gasteiger partial charge in [-0.05, 0) is 42.2 Å². The summed E-state index contributed by atoms with van der Waals surface area (Å²) in [6.45, 7) is -0.149. The minimum atomic E-state index is -4.44. The summed E-state index contributed by atoms with van der Waals surface area (Å²) in [6, 6.07) is 6.42. The fourth-order valence-corrected chi connectivity index (χ4v) is 5.78. The highest BCUT2D eigenvalue weighted by Crippen LogP contribution is 2.52. The van der Waals surface area contributed by atoms with Gasteiger partial charge in [-0.15, -0.1) is 0 Å². The minimum absolute atomic E-state index is 0.149. The van der Waals surface area contributed by atoms with Crippen molar-refractivity contribution in [1.82, 2.24) is 0 Å². The number of alkyl halides is 3. The summed E-state index contributed by atoms with van der Waals surface area (Å²) in [5, 5.41) is 0.429. The van der Waals surface area contributed by atoms with Crippen LogP contribution >= 0.6 is 11.6 Å². The number of hydrogen-bond acceptors (Lipinski definition) is 5. The number of hydrogen-bond donors (Lipinski definition) is 1. The van der Waals surface area contributed by atoms with Crippen molar-refractivity contribution in [3.05, 3.63) is 58.4 Å². The molecule has 1 amide bonds. The quantitative estimate of drug-likeness (QED) is 0.478. The van der Waals surface area contributed by atoms with Crippen molar-refractivity contribution < 1.29 is 35.6 Å². The van der Waals surface area contributed by atoms with E-state index in [1.165, 1.54) is 0 Å². The molecule has 1 saturated carbocycles. The van der Waals surface area contributed by atoms with Gasteiger partial charge in [0.05, 0.1) is 40.4 Å². The second-order valence-corrected chi connectivity index (χ2v) is 10.9. The molecule has 3 atom stereocenters. The Labute approximate surface area is 197 Å². The zero-order valence-electron chi connectivity index (χ0n) is 17.5. The van der Waals surface area contributed by atoms with Gasteiger partial charge in [0.2, 0.25) is 5.91 Å². The van der Waals surface area contributed by atoms with E-state index < -0.39 is 74.0 Å². The topological polar surface area (TPSA) is 97.5 Å². The van der Waals surface area contributed by atoms with Crippen LogP contribution in [-0.2, 0) is 21.2 Å². The van der Waals surface area contributed by atoms with E-state index in [2.05, 4.69) is 0 Å². The highest BCUT2D eigenvalue weighted by Gasteiger charge is 2.56. The van der Waals surface area contributed by atoms with Crippen LogP contribution in [0.4, 0.5) is 23.2 Å². The monoisotopic (exact) mass is 518 g/mol. The molecular weight excluding hydrogens is 500 g/mol. The van der Waals surface area contributed by atoms with Crippen LogP contribution in [-0.4, -0.2) is 38.1 Å². The second kappa shape index (κ2) is 8.62. The molecule has 1 fully saturated rings. The number of amides is 1. The second-order valence-electron chi connectivity index (χ2n) is 8.51. The van der Waals surface area contributed by atoms with Gasteiger partial charge in [-0.25, -0.2) is 12.8 Å². The third kappa shape index (κ3) is 4.82. The Morgan fingerprint density at radius 3 is 2.41 bits per heavy atom. The largest absolute Gasteiger partial charge is 0.392 e. The molecule has 182 valence electrons. The number of halogens is 5. The number of nitrogens with two attached hydrogens (primary N) is 1. The Balaban J connectivity index is 1.74. The first-order valence-corrected chi connectivity index (χ1v) is 12.3. The van der Waals surface area contributed by atoms with Crippen molar-refractivity contribution in [2.75, 3.05) is 10.7 Å². The molecule has 1 aliphatic heterocycles. The molecule has 0 bridgehead atoms. The molecule has 0 spiro atoms. The first-order valence-electron chi connectivity index (χ1n) is 10.3. The molecule has 2 aromatic carbocycles. The van der Waals surface area contributed by atoms with Gasteiger partial charge in [0, 0.05) is 11.4 Å². The van der Waals surface area contributed by atoms with Gasteiger partial charge in [-0.1, -0.05) is 23.7 Å². The molecule has 1 aliphatic carbocycles. The van der Waals surface area contributed by atoms with E-state index in [-0.39, 0.29) is 18.7 Å². The number of rotatable bonds is 5. The third-order valence-electron chi connectivity index (χ3n) is 6.00. The Morgan fingerprint density at radius 1 is 1.18 bits per heavy atom. The van der Waals surface area contributed by atoms with E-state index in [0.717, 1.165) is 11.0 Å². The number of carbonyl (C=O) groups excluding carboxylic acids is 2. The Kier molecular flexibility index (Phi) is 6.24. The first kappa shape index (κ1) is 24.6. The number of Topliss-reactive ketones (excluding diaryl/α,β-unsaturated/α-hetero) is 1. The van der Waals surface area contributed by atoms with E-state index in [4.69, 9.17) is 17.3 Å². The van der Waals surface area contributed by atoms with Gasteiger partial charge < -0.3 is 10.6 Å². The van der Waals surface area contributed by atoms with Crippen molar-refractivity contribution >= 4 is 38.8 Å². The molecule has 1 heterocycles. The molecule has 2 N–H and O–H groups in total. The molecule has 0 saturated heterocycles. The average molecular weight is 519 g/mol. The summed E-state index contributed by atoms with van der Waals surface area (Å²) in [5.41, 5.74) is 5.54. The molecule has 4 rings (SSSR count). The number of sulfone groups is 1. The molecule has 2 aromatic rings. The Bertz CT molecular complexity index is 1260. The summed E-state index contributed by atoms with van der Waals surface area (Å²) in [5.74, 6) is -6.20. The maximum Gasteiger partial charge on any atom is 0.392 e. The fourth-order valence-electron chi connectivity index (χ4n) is 4.09. The molecule has 0 aromatic heterocycles. The van der Waals surface area contributed by atoms with Crippen LogP contribution in [0.1, 0.15) is 28.8 Å². The zero-order valence-corrected chi connectivity index (χ0v) is 19.1. The average Bonchev–Trinajstić information content (AvgIpc) is 3.52. The summed E-state index contributed by atoms with van der Waals surface area (Å²) in [6.07, 6.45) is -5.22. The van der Waals surface area contributed by atoms with Crippen LogP contribution in [0.2, 0.25) is 5.02 Å². The summed E-state index contributed by atoms with van der Waals surface area (Å²) >= 11 is 5.88. The van der Waals surface area contributed by atoms with Gasteiger partial charge >= 0.3 is 6.18 Å². The lowest BCUT2D eigenvalue weighted by atomic mass is 10.0. The Morgan fingerprint density at radius 2 is 1.82 bits per heavy atom. The van der Waals surface area contributed by atoms with Crippen LogP contribution in [0, 0.1) is 17.7 Å². The van der Waals surface area contributed by atoms with Crippen molar-refractivity contribution in [3.63, 3.8) is 0 Å². The first-order chi connectivity index (χ1) is 15.8. The van der Waals surface area contributed by atoms with Crippen LogP contribution in [0.3, 0.4) is 0 Å². The molecule has 0 radical (unpaired) electrons. The highest BCUT2D eigenvalue weighted by molar-refractivity contribution is 7.91. The zero-order chi connectivity index (χ0) is 25.0. The van der Waals surface area contributed by atoms with Crippen molar-refractivity contribution in [1.29, 1.82) is 0 Å². The van der Waals surface area contributed by atoms with E-state index >= 15 is 0 Å². The van der Waals surface area contributed by atoms with Crippen LogP contribution in [0.5, 0.6) is 0 Å². The van der Waals surface area contributed by atoms with Gasteiger partial charge in [-0.3, -0.25) is 9.59 Å². The summed E-state index contributed by atoms with van der Waals surface area (Å²) < 4.78 is 78.9. The van der Waals surface area contributed by atoms with Crippen molar-refractivity contribution in [2.24, 2.45) is 17.6 Å². The highest BCUT2D eigenvalue weighted by atomic mass is 35.5. The lowest BCUT2D eigenvalue weighted by Crippen LogP contribution is -2.45. The van der Waals surface area contributed by atoms with Crippen molar-refractivity contribution in [2.45, 2.75) is 36.5 Å². The number of carbonyl (C=O) groups is 2. The molecule has 2 aliphatic rings. The van der Waals surface area contributed by atoms with Crippen LogP contribution < -0.4 is 10.6 Å². The number of benzene rings is 2. The maximum atomic E-state index is 14.8. The van der Waals surface area contributed by atoms with Crippen molar-refractivity contribution in [3.8, 4) is 0 Å². The smallest absolute Gasteiger partial charge is 0.319 e. The fraction of sp³-hybridized carbons (Fsp3) is 0.364. The minimum Gasteiger partial charge on any atom is -0.319 e. The lowest BCUT2D eigenvalue weighted by Gasteiger charge is -2.25. The summed E-state index contributed by atoms with van der Waals surface area (Å²) in [7, 11) is -4.21. The third-order valence-corrected chi connectivity index (χ3v) is 8.05. The standard InChI is InChI=1S/C22H19ClF4N2O4S/c23-13-3-1-11(2-4-13)9-29-18-7-14(19(30)6-12-5-15(12)22(25,26)27)16(24)8-20(18)34(32,33)10-17(28)21(29)31/h1-4,7-8,12,15,17H,5-6,9-10,28H2/t12?,15?,17-/m0/s1. The van der Waals surface area contributed by atoms with E-state index in [1.54, 1.807) is 24.3 Å². The Hall–Kier alpha value is -2.50. The summed E-state index contributed by atoms with van der Waals surface area (Å²) in [4.78, 5) is 26.2. The number of anilines is 1. The maximum absolute atomic E-state index is 14.8. The van der Waals surface area contributed by atoms with Gasteiger partial charge in [0.15, 0.2) is 15.6 Å². The predicted octanol–water partition coefficient (Wildman–Crippen LogP) is 3.90. The number of nitrogens with zero attached hydrogens (tertiary/aromatic N) is 1. The number of fused-ring (bicyclic) bond motifs is 1. The lowest BCUT2D eigenvalue weighted by molar-refractivity contribution is -0.150.